The Morgan fingerprint density at radius 1 is 1.20 bits per heavy atom. The number of alkyl halides is 3. The molecule has 0 saturated carbocycles. The SMILES string of the molecule is CN[N+](C)([O-])Cn1cc(-c2cc(F)cc3c2-c2ccccc2C3(O)C(F)(F)F)cn1. The Labute approximate surface area is 169 Å². The van der Waals surface area contributed by atoms with Crippen molar-refractivity contribution in [2.24, 2.45) is 0 Å². The van der Waals surface area contributed by atoms with Gasteiger partial charge in [-0.1, -0.05) is 24.3 Å². The summed E-state index contributed by atoms with van der Waals surface area (Å²) in [5.41, 5.74) is -1.01. The van der Waals surface area contributed by atoms with Gasteiger partial charge in [0.05, 0.1) is 13.2 Å². The molecule has 10 heteroatoms. The molecular formula is C20H18F4N4O2. The molecule has 0 bridgehead atoms. The zero-order valence-corrected chi connectivity index (χ0v) is 16.0. The van der Waals surface area contributed by atoms with Crippen LogP contribution in [0, 0.1) is 11.0 Å². The smallest absolute Gasteiger partial charge is 0.425 e. The second-order valence-electron chi connectivity index (χ2n) is 7.36. The van der Waals surface area contributed by atoms with Crippen molar-refractivity contribution >= 4 is 0 Å². The number of aromatic nitrogens is 2. The van der Waals surface area contributed by atoms with Gasteiger partial charge in [0.15, 0.2) is 6.67 Å². The fraction of sp³-hybridized carbons (Fsp3) is 0.250. The highest BCUT2D eigenvalue weighted by Crippen LogP contribution is 2.57. The summed E-state index contributed by atoms with van der Waals surface area (Å²) in [5, 5.41) is 27.0. The fourth-order valence-corrected chi connectivity index (χ4v) is 3.80. The molecule has 0 fully saturated rings. The van der Waals surface area contributed by atoms with Gasteiger partial charge in [-0.25, -0.2) is 9.07 Å². The molecule has 4 rings (SSSR count). The Hall–Kier alpha value is -2.79. The summed E-state index contributed by atoms with van der Waals surface area (Å²) in [7, 11) is 2.84. The number of nitrogens with one attached hydrogen (secondary N) is 1. The zero-order chi connectivity index (χ0) is 21.9. The lowest BCUT2D eigenvalue weighted by Gasteiger charge is -2.35. The molecule has 0 radical (unpaired) electrons. The molecule has 0 amide bonds. The maximum atomic E-state index is 14.4. The Morgan fingerprint density at radius 3 is 2.57 bits per heavy atom. The third-order valence-electron chi connectivity index (χ3n) is 5.32. The van der Waals surface area contributed by atoms with Crippen molar-refractivity contribution in [2.75, 3.05) is 14.1 Å². The predicted molar refractivity (Wildman–Crippen MR) is 101 cm³/mol. The highest BCUT2D eigenvalue weighted by atomic mass is 19.4. The molecule has 3 aromatic rings. The third kappa shape index (κ3) is 3.00. The number of nitrogens with zero attached hydrogens (tertiary/aromatic N) is 3. The minimum absolute atomic E-state index is 0.0827. The molecule has 1 aromatic heterocycles. The lowest BCUT2D eigenvalue weighted by molar-refractivity contribution is -0.925. The van der Waals surface area contributed by atoms with E-state index in [1.807, 2.05) is 0 Å². The van der Waals surface area contributed by atoms with Crippen LogP contribution in [0.5, 0.6) is 0 Å². The van der Waals surface area contributed by atoms with E-state index in [9.17, 15) is 27.9 Å². The highest BCUT2D eigenvalue weighted by Gasteiger charge is 2.61. The maximum absolute atomic E-state index is 14.4. The van der Waals surface area contributed by atoms with Crippen molar-refractivity contribution in [3.05, 3.63) is 70.9 Å². The van der Waals surface area contributed by atoms with E-state index in [0.717, 1.165) is 6.07 Å². The lowest BCUT2D eigenvalue weighted by Crippen LogP contribution is -2.48. The van der Waals surface area contributed by atoms with Crippen LogP contribution in [0.4, 0.5) is 17.6 Å². The van der Waals surface area contributed by atoms with E-state index >= 15 is 0 Å². The molecule has 1 aliphatic carbocycles. The standard InChI is InChI=1S/C20H18F4N4O2/c1-25-28(2,30)11-27-10-12(9-26-27)15-7-13(21)8-17-18(15)14-5-3-4-6-16(14)19(17,29)20(22,23)24/h3-10,25,29H,11H2,1-2H3. The average Bonchev–Trinajstić information content (AvgIpc) is 3.23. The topological polar surface area (TPSA) is 73.1 Å². The molecule has 158 valence electrons. The first-order valence-electron chi connectivity index (χ1n) is 8.99. The minimum atomic E-state index is -5.06. The van der Waals surface area contributed by atoms with Gasteiger partial charge in [-0.15, -0.1) is 0 Å². The summed E-state index contributed by atoms with van der Waals surface area (Å²) in [6.45, 7) is -0.114. The number of fused-ring (bicyclic) bond motifs is 3. The first kappa shape index (κ1) is 20.5. The number of hydrogen-bond acceptors (Lipinski definition) is 4. The minimum Gasteiger partial charge on any atom is -0.610 e. The second kappa shape index (κ2) is 6.61. The molecule has 2 unspecified atom stereocenters. The predicted octanol–water partition coefficient (Wildman–Crippen LogP) is 3.50. The van der Waals surface area contributed by atoms with Crippen molar-refractivity contribution in [3.8, 4) is 22.3 Å². The van der Waals surface area contributed by atoms with Crippen LogP contribution in [0.15, 0.2) is 48.8 Å². The van der Waals surface area contributed by atoms with E-state index in [0.29, 0.717) is 11.6 Å². The Kier molecular flexibility index (Phi) is 4.51. The van der Waals surface area contributed by atoms with Gasteiger partial charge in [-0.3, -0.25) is 4.76 Å². The van der Waals surface area contributed by atoms with Crippen molar-refractivity contribution in [1.29, 1.82) is 0 Å². The maximum Gasteiger partial charge on any atom is 0.425 e. The number of rotatable bonds is 4. The Bertz CT molecular complexity index is 1130. The summed E-state index contributed by atoms with van der Waals surface area (Å²) in [6.07, 6.45) is -2.26. The van der Waals surface area contributed by atoms with Crippen LogP contribution in [0.25, 0.3) is 22.3 Å². The van der Waals surface area contributed by atoms with E-state index in [1.165, 1.54) is 49.4 Å². The van der Waals surface area contributed by atoms with Crippen molar-refractivity contribution < 1.29 is 27.4 Å². The van der Waals surface area contributed by atoms with Gasteiger partial charge in [-0.05, 0) is 28.8 Å². The van der Waals surface area contributed by atoms with Crippen LogP contribution in [-0.2, 0) is 12.3 Å². The number of benzene rings is 2. The van der Waals surface area contributed by atoms with Crippen LogP contribution in [0.3, 0.4) is 0 Å². The number of quaternary nitrogens is 1. The number of hydroxylamine groups is 2. The molecular weight excluding hydrogens is 404 g/mol. The van der Waals surface area contributed by atoms with Gasteiger partial charge in [-0.2, -0.15) is 23.7 Å². The number of aliphatic hydroxyl groups is 1. The second-order valence-corrected chi connectivity index (χ2v) is 7.36. The molecule has 1 aliphatic rings. The number of hydrogen-bond donors (Lipinski definition) is 2. The van der Waals surface area contributed by atoms with Crippen LogP contribution in [-0.4, -0.2) is 39.9 Å². The van der Waals surface area contributed by atoms with Gasteiger partial charge >= 0.3 is 6.18 Å². The molecule has 2 atom stereocenters. The highest BCUT2D eigenvalue weighted by molar-refractivity contribution is 5.92. The molecule has 2 aromatic carbocycles. The number of halogens is 4. The monoisotopic (exact) mass is 422 g/mol. The van der Waals surface area contributed by atoms with Crippen molar-refractivity contribution in [2.45, 2.75) is 18.4 Å². The van der Waals surface area contributed by atoms with E-state index in [-0.39, 0.29) is 28.9 Å². The molecule has 2 N–H and O–H groups in total. The molecule has 0 spiro atoms. The fourth-order valence-electron chi connectivity index (χ4n) is 3.80. The first-order valence-corrected chi connectivity index (χ1v) is 8.99. The van der Waals surface area contributed by atoms with E-state index in [4.69, 9.17) is 0 Å². The Balaban J connectivity index is 1.94. The summed E-state index contributed by atoms with van der Waals surface area (Å²) in [4.78, 5) is 0. The molecule has 1 heterocycles. The summed E-state index contributed by atoms with van der Waals surface area (Å²) < 4.78 is 56.8. The summed E-state index contributed by atoms with van der Waals surface area (Å²) >= 11 is 0. The Morgan fingerprint density at radius 2 is 1.90 bits per heavy atom. The van der Waals surface area contributed by atoms with Crippen LogP contribution >= 0.6 is 0 Å². The van der Waals surface area contributed by atoms with Crippen LogP contribution in [0.2, 0.25) is 0 Å². The molecule has 6 nitrogen and oxygen atoms in total. The van der Waals surface area contributed by atoms with Gasteiger partial charge in [0, 0.05) is 29.9 Å². The van der Waals surface area contributed by atoms with E-state index < -0.39 is 27.9 Å². The van der Waals surface area contributed by atoms with Gasteiger partial charge in [0.25, 0.3) is 0 Å². The van der Waals surface area contributed by atoms with E-state index in [1.54, 1.807) is 6.07 Å². The molecule has 0 aliphatic heterocycles. The van der Waals surface area contributed by atoms with Crippen LogP contribution < -0.4 is 5.43 Å². The lowest BCUT2D eigenvalue weighted by atomic mass is 9.89. The third-order valence-corrected chi connectivity index (χ3v) is 5.32. The summed E-state index contributed by atoms with van der Waals surface area (Å²) in [5.74, 6) is -0.924. The van der Waals surface area contributed by atoms with Gasteiger partial charge in [0.2, 0.25) is 5.60 Å². The van der Waals surface area contributed by atoms with E-state index in [2.05, 4.69) is 10.5 Å². The van der Waals surface area contributed by atoms with Crippen molar-refractivity contribution in [3.63, 3.8) is 0 Å². The van der Waals surface area contributed by atoms with Gasteiger partial charge in [0.1, 0.15) is 5.82 Å². The van der Waals surface area contributed by atoms with Crippen molar-refractivity contribution in [1.82, 2.24) is 15.2 Å². The van der Waals surface area contributed by atoms with Crippen LogP contribution in [0.1, 0.15) is 11.1 Å². The average molecular weight is 422 g/mol. The molecule has 0 saturated heterocycles. The first-order chi connectivity index (χ1) is 14.0. The molecule has 30 heavy (non-hydrogen) atoms. The van der Waals surface area contributed by atoms with Gasteiger partial charge < -0.3 is 10.3 Å². The quantitative estimate of drug-likeness (QED) is 0.384. The zero-order valence-electron chi connectivity index (χ0n) is 16.0. The normalized spacial score (nSPS) is 20.0. The summed E-state index contributed by atoms with van der Waals surface area (Å²) in [6, 6.07) is 7.39. The largest absolute Gasteiger partial charge is 0.610 e.